The highest BCUT2D eigenvalue weighted by Gasteiger charge is 2.37. The number of carbonyl (C=O) groups excluding carboxylic acids is 2. The third-order valence-electron chi connectivity index (χ3n) is 2.95. The van der Waals surface area contributed by atoms with Crippen molar-refractivity contribution in [3.05, 3.63) is 12.2 Å². The summed E-state index contributed by atoms with van der Waals surface area (Å²) in [5.41, 5.74) is 0. The van der Waals surface area contributed by atoms with Gasteiger partial charge in [0.2, 0.25) is 0 Å². The van der Waals surface area contributed by atoms with Crippen LogP contribution in [0.3, 0.4) is 0 Å². The van der Waals surface area contributed by atoms with Crippen LogP contribution in [0.2, 0.25) is 0 Å². The summed E-state index contributed by atoms with van der Waals surface area (Å²) < 4.78 is 0. The minimum Gasteiger partial charge on any atom is -0.303 e. The molecule has 2 aliphatic carbocycles. The molecule has 3 atom stereocenters. The van der Waals surface area contributed by atoms with E-state index in [-0.39, 0.29) is 11.7 Å². The minimum atomic E-state index is -0.00231. The number of rotatable bonds is 2. The SMILES string of the molecule is O=CC[C@H]1C(=O)C[C@H]2C=C[C@H]1C2. The molecule has 2 aliphatic rings. The van der Waals surface area contributed by atoms with Gasteiger partial charge in [-0.25, -0.2) is 0 Å². The quantitative estimate of drug-likeness (QED) is 0.456. The van der Waals surface area contributed by atoms with Crippen molar-refractivity contribution in [2.75, 3.05) is 0 Å². The van der Waals surface area contributed by atoms with Crippen LogP contribution in [0.1, 0.15) is 19.3 Å². The van der Waals surface area contributed by atoms with Gasteiger partial charge in [0, 0.05) is 18.8 Å². The standard InChI is InChI=1S/C10H12O2/c11-4-3-9-8-2-1-7(5-8)6-10(9)12/h1-2,4,7-9H,3,5-6H2/t7-,8-,9+/m0/s1. The smallest absolute Gasteiger partial charge is 0.137 e. The molecule has 2 heteroatoms. The summed E-state index contributed by atoms with van der Waals surface area (Å²) in [6, 6.07) is 0. The fourth-order valence-electron chi connectivity index (χ4n) is 2.31. The molecule has 0 unspecified atom stereocenters. The maximum atomic E-state index is 11.4. The van der Waals surface area contributed by atoms with Crippen molar-refractivity contribution in [2.45, 2.75) is 19.3 Å². The summed E-state index contributed by atoms with van der Waals surface area (Å²) in [5, 5.41) is 0. The maximum absolute atomic E-state index is 11.4. The van der Waals surface area contributed by atoms with Crippen molar-refractivity contribution in [1.82, 2.24) is 0 Å². The van der Waals surface area contributed by atoms with Crippen molar-refractivity contribution < 1.29 is 9.59 Å². The highest BCUT2D eigenvalue weighted by atomic mass is 16.1. The fourth-order valence-corrected chi connectivity index (χ4v) is 2.31. The molecule has 0 aliphatic heterocycles. The van der Waals surface area contributed by atoms with Gasteiger partial charge in [-0.2, -0.15) is 0 Å². The Balaban J connectivity index is 2.14. The van der Waals surface area contributed by atoms with Gasteiger partial charge in [0.25, 0.3) is 0 Å². The van der Waals surface area contributed by atoms with E-state index in [1.807, 2.05) is 0 Å². The van der Waals surface area contributed by atoms with Crippen LogP contribution in [0.25, 0.3) is 0 Å². The Bertz CT molecular complexity index is 242. The molecule has 0 aromatic rings. The molecule has 1 saturated carbocycles. The monoisotopic (exact) mass is 164 g/mol. The van der Waals surface area contributed by atoms with Gasteiger partial charge in [0.15, 0.2) is 0 Å². The average molecular weight is 164 g/mol. The molecule has 0 saturated heterocycles. The van der Waals surface area contributed by atoms with E-state index in [0.717, 1.165) is 12.7 Å². The van der Waals surface area contributed by atoms with E-state index in [0.29, 0.717) is 24.7 Å². The van der Waals surface area contributed by atoms with Gasteiger partial charge in [-0.1, -0.05) is 12.2 Å². The number of allylic oxidation sites excluding steroid dienone is 2. The maximum Gasteiger partial charge on any atom is 0.137 e. The molecule has 0 radical (unpaired) electrons. The Labute approximate surface area is 71.6 Å². The lowest BCUT2D eigenvalue weighted by Gasteiger charge is -2.25. The molecular weight excluding hydrogens is 152 g/mol. The number of ketones is 1. The zero-order chi connectivity index (χ0) is 8.55. The van der Waals surface area contributed by atoms with E-state index in [2.05, 4.69) is 12.2 Å². The molecule has 0 amide bonds. The number of Topliss-reactive ketones (excluding diaryl/α,β-unsaturated/α-hetero) is 1. The predicted molar refractivity (Wildman–Crippen MR) is 44.5 cm³/mol. The third-order valence-corrected chi connectivity index (χ3v) is 2.95. The van der Waals surface area contributed by atoms with Crippen LogP contribution >= 0.6 is 0 Å². The highest BCUT2D eigenvalue weighted by molar-refractivity contribution is 5.85. The van der Waals surface area contributed by atoms with Gasteiger partial charge in [-0.15, -0.1) is 0 Å². The Hall–Kier alpha value is -0.920. The van der Waals surface area contributed by atoms with Crippen LogP contribution in [0.15, 0.2) is 12.2 Å². The summed E-state index contributed by atoms with van der Waals surface area (Å²) >= 11 is 0. The summed E-state index contributed by atoms with van der Waals surface area (Å²) in [4.78, 5) is 21.8. The van der Waals surface area contributed by atoms with Gasteiger partial charge >= 0.3 is 0 Å². The van der Waals surface area contributed by atoms with Crippen LogP contribution in [0.4, 0.5) is 0 Å². The second kappa shape index (κ2) is 2.85. The van der Waals surface area contributed by atoms with E-state index in [1.165, 1.54) is 0 Å². The van der Waals surface area contributed by atoms with Crippen molar-refractivity contribution in [3.8, 4) is 0 Å². The van der Waals surface area contributed by atoms with E-state index < -0.39 is 0 Å². The topological polar surface area (TPSA) is 34.1 Å². The lowest BCUT2D eigenvalue weighted by Crippen LogP contribution is -2.28. The van der Waals surface area contributed by atoms with Crippen LogP contribution in [-0.4, -0.2) is 12.1 Å². The summed E-state index contributed by atoms with van der Waals surface area (Å²) in [6.45, 7) is 0. The first-order valence-electron chi connectivity index (χ1n) is 4.46. The van der Waals surface area contributed by atoms with E-state index in [4.69, 9.17) is 0 Å². The molecular formula is C10H12O2. The zero-order valence-electron chi connectivity index (χ0n) is 6.90. The van der Waals surface area contributed by atoms with Crippen LogP contribution in [0, 0.1) is 17.8 Å². The largest absolute Gasteiger partial charge is 0.303 e. The lowest BCUT2D eigenvalue weighted by molar-refractivity contribution is -0.128. The van der Waals surface area contributed by atoms with E-state index >= 15 is 0 Å². The van der Waals surface area contributed by atoms with Crippen LogP contribution < -0.4 is 0 Å². The van der Waals surface area contributed by atoms with Gasteiger partial charge in [0.05, 0.1) is 0 Å². The third kappa shape index (κ3) is 1.11. The molecule has 2 bridgehead atoms. The second-order valence-corrected chi connectivity index (χ2v) is 3.72. The number of hydrogen-bond donors (Lipinski definition) is 0. The Kier molecular flexibility index (Phi) is 1.83. The summed E-state index contributed by atoms with van der Waals surface area (Å²) in [7, 11) is 0. The Morgan fingerprint density at radius 2 is 2.33 bits per heavy atom. The molecule has 0 N–H and O–H groups in total. The first-order chi connectivity index (χ1) is 5.81. The number of carbonyl (C=O) groups is 2. The molecule has 64 valence electrons. The molecule has 1 fully saturated rings. The number of fused-ring (bicyclic) bond motifs is 2. The molecule has 2 nitrogen and oxygen atoms in total. The van der Waals surface area contributed by atoms with Gasteiger partial charge < -0.3 is 4.79 Å². The van der Waals surface area contributed by atoms with Crippen LogP contribution in [-0.2, 0) is 9.59 Å². The minimum absolute atomic E-state index is 0.00231. The summed E-state index contributed by atoms with van der Waals surface area (Å²) in [6.07, 6.45) is 7.28. The van der Waals surface area contributed by atoms with Crippen molar-refractivity contribution in [1.29, 1.82) is 0 Å². The van der Waals surface area contributed by atoms with Crippen molar-refractivity contribution >= 4 is 12.1 Å². The number of aldehydes is 1. The fraction of sp³-hybridized carbons (Fsp3) is 0.600. The average Bonchev–Trinajstić information content (AvgIpc) is 2.43. The van der Waals surface area contributed by atoms with Crippen LogP contribution in [0.5, 0.6) is 0 Å². The Morgan fingerprint density at radius 1 is 1.50 bits per heavy atom. The second-order valence-electron chi connectivity index (χ2n) is 3.72. The normalized spacial score (nSPS) is 38.7. The molecule has 0 spiro atoms. The highest BCUT2D eigenvalue weighted by Crippen LogP contribution is 2.39. The van der Waals surface area contributed by atoms with Gasteiger partial charge in [-0.05, 0) is 18.3 Å². The zero-order valence-corrected chi connectivity index (χ0v) is 6.90. The van der Waals surface area contributed by atoms with Crippen molar-refractivity contribution in [2.24, 2.45) is 17.8 Å². The first kappa shape index (κ1) is 7.71. The molecule has 0 heterocycles. The van der Waals surface area contributed by atoms with E-state index in [9.17, 15) is 9.59 Å². The first-order valence-corrected chi connectivity index (χ1v) is 4.46. The Morgan fingerprint density at radius 3 is 3.08 bits per heavy atom. The lowest BCUT2D eigenvalue weighted by atomic mass is 9.77. The molecule has 0 aromatic carbocycles. The number of hydrogen-bond acceptors (Lipinski definition) is 2. The molecule has 0 aromatic heterocycles. The predicted octanol–water partition coefficient (Wildman–Crippen LogP) is 1.36. The molecule has 2 rings (SSSR count). The molecule has 12 heavy (non-hydrogen) atoms. The van der Waals surface area contributed by atoms with Crippen molar-refractivity contribution in [3.63, 3.8) is 0 Å². The van der Waals surface area contributed by atoms with Gasteiger partial charge in [0.1, 0.15) is 12.1 Å². The summed E-state index contributed by atoms with van der Waals surface area (Å²) in [5.74, 6) is 1.12. The van der Waals surface area contributed by atoms with E-state index in [1.54, 1.807) is 0 Å². The van der Waals surface area contributed by atoms with Gasteiger partial charge in [-0.3, -0.25) is 4.79 Å².